The maximum atomic E-state index is 11.9. The lowest BCUT2D eigenvalue weighted by Crippen LogP contribution is -2.18. The Morgan fingerprint density at radius 1 is 1.22 bits per heavy atom. The van der Waals surface area contributed by atoms with Crippen LogP contribution >= 0.6 is 11.6 Å². The van der Waals surface area contributed by atoms with E-state index in [1.54, 1.807) is 12.3 Å². The number of benzene rings is 2. The highest BCUT2D eigenvalue weighted by molar-refractivity contribution is 6.34. The lowest BCUT2D eigenvalue weighted by Gasteiger charge is -2.11. The van der Waals surface area contributed by atoms with E-state index in [1.165, 1.54) is 0 Å². The van der Waals surface area contributed by atoms with Crippen LogP contribution in [0.2, 0.25) is 5.02 Å². The fourth-order valence-corrected chi connectivity index (χ4v) is 2.54. The van der Waals surface area contributed by atoms with Crippen LogP contribution in [0.4, 0.5) is 5.69 Å². The first-order valence-corrected chi connectivity index (χ1v) is 7.62. The van der Waals surface area contributed by atoms with Crippen molar-refractivity contribution in [3.8, 4) is 0 Å². The number of carbonyl (C=O) groups is 1. The SMILES string of the molecule is Cc1cc(C)c(NC(=O)CO/N=C/c2ccccc2C)c(Cl)c1. The molecule has 0 bridgehead atoms. The number of rotatable bonds is 5. The van der Waals surface area contributed by atoms with Crippen molar-refractivity contribution in [3.05, 3.63) is 63.7 Å². The van der Waals surface area contributed by atoms with Gasteiger partial charge in [0, 0.05) is 0 Å². The van der Waals surface area contributed by atoms with Gasteiger partial charge in [-0.05, 0) is 49.1 Å². The van der Waals surface area contributed by atoms with Gasteiger partial charge in [0.25, 0.3) is 5.91 Å². The van der Waals surface area contributed by atoms with E-state index in [0.717, 1.165) is 22.3 Å². The van der Waals surface area contributed by atoms with Crippen LogP contribution in [0.5, 0.6) is 0 Å². The molecule has 5 heteroatoms. The second-order valence-corrected chi connectivity index (χ2v) is 5.76. The molecule has 0 unspecified atom stereocenters. The molecule has 4 nitrogen and oxygen atoms in total. The molecule has 0 heterocycles. The highest BCUT2D eigenvalue weighted by Gasteiger charge is 2.09. The minimum atomic E-state index is -0.305. The number of nitrogens with one attached hydrogen (secondary N) is 1. The van der Waals surface area contributed by atoms with Crippen LogP contribution in [0, 0.1) is 20.8 Å². The first-order valence-electron chi connectivity index (χ1n) is 7.25. The number of aryl methyl sites for hydroxylation is 3. The Bertz CT molecular complexity index is 719. The predicted molar refractivity (Wildman–Crippen MR) is 94.3 cm³/mol. The zero-order chi connectivity index (χ0) is 16.8. The Balaban J connectivity index is 1.90. The third kappa shape index (κ3) is 4.83. The summed E-state index contributed by atoms with van der Waals surface area (Å²) in [7, 11) is 0. The lowest BCUT2D eigenvalue weighted by atomic mass is 10.1. The van der Waals surface area contributed by atoms with Gasteiger partial charge in [-0.25, -0.2) is 0 Å². The van der Waals surface area contributed by atoms with Crippen LogP contribution in [0.25, 0.3) is 0 Å². The number of hydrogen-bond donors (Lipinski definition) is 1. The third-order valence-corrected chi connectivity index (χ3v) is 3.64. The third-order valence-electron chi connectivity index (χ3n) is 3.35. The Morgan fingerprint density at radius 2 is 1.96 bits per heavy atom. The van der Waals surface area contributed by atoms with Gasteiger partial charge in [-0.1, -0.05) is 47.1 Å². The average molecular weight is 331 g/mol. The molecule has 2 aromatic rings. The van der Waals surface area contributed by atoms with Crippen molar-refractivity contribution in [1.29, 1.82) is 0 Å². The normalized spacial score (nSPS) is 10.8. The van der Waals surface area contributed by atoms with Crippen molar-refractivity contribution in [3.63, 3.8) is 0 Å². The highest BCUT2D eigenvalue weighted by atomic mass is 35.5. The van der Waals surface area contributed by atoms with Crippen molar-refractivity contribution in [2.24, 2.45) is 5.16 Å². The summed E-state index contributed by atoms with van der Waals surface area (Å²) >= 11 is 6.15. The summed E-state index contributed by atoms with van der Waals surface area (Å²) in [5.41, 5.74) is 4.60. The molecule has 120 valence electrons. The number of anilines is 1. The van der Waals surface area contributed by atoms with Gasteiger partial charge in [-0.15, -0.1) is 0 Å². The van der Waals surface area contributed by atoms with Gasteiger partial charge in [-0.3, -0.25) is 4.79 Å². The van der Waals surface area contributed by atoms with Crippen molar-refractivity contribution < 1.29 is 9.63 Å². The first kappa shape index (κ1) is 17.0. The minimum Gasteiger partial charge on any atom is -0.386 e. The Labute approximate surface area is 141 Å². The summed E-state index contributed by atoms with van der Waals surface area (Å²) in [6, 6.07) is 11.5. The maximum Gasteiger partial charge on any atom is 0.265 e. The fraction of sp³-hybridized carbons (Fsp3) is 0.222. The van der Waals surface area contributed by atoms with Gasteiger partial charge < -0.3 is 10.2 Å². The molecule has 0 aliphatic carbocycles. The van der Waals surface area contributed by atoms with Crippen molar-refractivity contribution >= 4 is 29.4 Å². The van der Waals surface area contributed by atoms with Crippen molar-refractivity contribution in [2.45, 2.75) is 20.8 Å². The smallest absolute Gasteiger partial charge is 0.265 e. The lowest BCUT2D eigenvalue weighted by molar-refractivity contribution is -0.120. The number of oxime groups is 1. The van der Waals surface area contributed by atoms with E-state index in [0.29, 0.717) is 10.7 Å². The first-order chi connectivity index (χ1) is 11.0. The zero-order valence-corrected chi connectivity index (χ0v) is 14.1. The quantitative estimate of drug-likeness (QED) is 0.658. The maximum absolute atomic E-state index is 11.9. The number of carbonyl (C=O) groups excluding carboxylic acids is 1. The van der Waals surface area contributed by atoms with E-state index < -0.39 is 0 Å². The number of amides is 1. The number of nitrogens with zero attached hydrogens (tertiary/aromatic N) is 1. The Hall–Kier alpha value is -2.33. The molecule has 0 fully saturated rings. The summed E-state index contributed by atoms with van der Waals surface area (Å²) in [5, 5.41) is 7.08. The highest BCUT2D eigenvalue weighted by Crippen LogP contribution is 2.27. The summed E-state index contributed by atoms with van der Waals surface area (Å²) < 4.78 is 0. The van der Waals surface area contributed by atoms with E-state index in [-0.39, 0.29) is 12.5 Å². The number of halogens is 1. The molecule has 2 aromatic carbocycles. The standard InChI is InChI=1S/C18H19ClN2O2/c1-12-8-14(3)18(16(19)9-12)21-17(22)11-23-20-10-15-7-5-4-6-13(15)2/h4-10H,11H2,1-3H3,(H,21,22)/b20-10+. The van der Waals surface area contributed by atoms with Gasteiger partial charge in [0.2, 0.25) is 0 Å². The van der Waals surface area contributed by atoms with Gasteiger partial charge in [0.15, 0.2) is 6.61 Å². The molecule has 0 aliphatic rings. The van der Waals surface area contributed by atoms with Crippen LogP contribution in [0.3, 0.4) is 0 Å². The second kappa shape index (κ2) is 7.79. The van der Waals surface area contributed by atoms with Crippen LogP contribution in [0.1, 0.15) is 22.3 Å². The van der Waals surface area contributed by atoms with Gasteiger partial charge in [-0.2, -0.15) is 0 Å². The predicted octanol–water partition coefficient (Wildman–Crippen LogP) is 4.25. The Kier molecular flexibility index (Phi) is 5.77. The van der Waals surface area contributed by atoms with Gasteiger partial charge in [0.1, 0.15) is 0 Å². The van der Waals surface area contributed by atoms with Crippen molar-refractivity contribution in [2.75, 3.05) is 11.9 Å². The number of hydrogen-bond acceptors (Lipinski definition) is 3. The molecule has 1 N–H and O–H groups in total. The monoisotopic (exact) mass is 330 g/mol. The minimum absolute atomic E-state index is 0.175. The molecule has 1 amide bonds. The average Bonchev–Trinajstić information content (AvgIpc) is 2.49. The zero-order valence-electron chi connectivity index (χ0n) is 13.4. The van der Waals surface area contributed by atoms with E-state index in [2.05, 4.69) is 10.5 Å². The molecule has 0 aliphatic heterocycles. The fourth-order valence-electron chi connectivity index (χ4n) is 2.17. The molecule has 0 saturated heterocycles. The molecule has 0 aromatic heterocycles. The molecular formula is C18H19ClN2O2. The van der Waals surface area contributed by atoms with E-state index in [1.807, 2.05) is 51.1 Å². The van der Waals surface area contributed by atoms with E-state index >= 15 is 0 Å². The molecule has 0 radical (unpaired) electrons. The molecule has 23 heavy (non-hydrogen) atoms. The van der Waals surface area contributed by atoms with Crippen LogP contribution in [-0.2, 0) is 9.63 Å². The van der Waals surface area contributed by atoms with E-state index in [9.17, 15) is 4.79 Å². The largest absolute Gasteiger partial charge is 0.386 e. The second-order valence-electron chi connectivity index (χ2n) is 5.35. The molecule has 0 saturated carbocycles. The molecule has 0 atom stereocenters. The Morgan fingerprint density at radius 3 is 2.65 bits per heavy atom. The molecule has 0 spiro atoms. The summed E-state index contributed by atoms with van der Waals surface area (Å²) in [4.78, 5) is 17.0. The topological polar surface area (TPSA) is 50.7 Å². The summed E-state index contributed by atoms with van der Waals surface area (Å²) in [5.74, 6) is -0.305. The summed E-state index contributed by atoms with van der Waals surface area (Å²) in [6.45, 7) is 5.65. The van der Waals surface area contributed by atoms with E-state index in [4.69, 9.17) is 16.4 Å². The van der Waals surface area contributed by atoms with Crippen LogP contribution < -0.4 is 5.32 Å². The van der Waals surface area contributed by atoms with Crippen LogP contribution in [0.15, 0.2) is 41.6 Å². The van der Waals surface area contributed by atoms with Gasteiger partial charge in [0.05, 0.1) is 16.9 Å². The van der Waals surface area contributed by atoms with Crippen molar-refractivity contribution in [1.82, 2.24) is 0 Å². The summed E-state index contributed by atoms with van der Waals surface area (Å²) in [6.07, 6.45) is 1.59. The molecule has 2 rings (SSSR count). The molecular weight excluding hydrogens is 312 g/mol. The van der Waals surface area contributed by atoms with Crippen LogP contribution in [-0.4, -0.2) is 18.7 Å². The van der Waals surface area contributed by atoms with Gasteiger partial charge >= 0.3 is 0 Å².